The normalized spacial score (nSPS) is 15.2. The van der Waals surface area contributed by atoms with Crippen molar-refractivity contribution in [3.8, 4) is 0 Å². The first-order valence-corrected chi connectivity index (χ1v) is 9.78. The number of amides is 2. The van der Waals surface area contributed by atoms with Crippen molar-refractivity contribution in [3.63, 3.8) is 0 Å². The second-order valence-electron chi connectivity index (χ2n) is 7.46. The van der Waals surface area contributed by atoms with Gasteiger partial charge in [0.15, 0.2) is 0 Å². The Kier molecular flexibility index (Phi) is 9.27. The van der Waals surface area contributed by atoms with E-state index in [1.54, 1.807) is 0 Å². The van der Waals surface area contributed by atoms with Gasteiger partial charge in [0.1, 0.15) is 0 Å². The molecule has 27 heavy (non-hydrogen) atoms. The third-order valence-corrected chi connectivity index (χ3v) is 5.94. The summed E-state index contributed by atoms with van der Waals surface area (Å²) in [6.45, 7) is 8.33. The van der Waals surface area contributed by atoms with Gasteiger partial charge in [-0.15, -0.1) is 12.4 Å². The summed E-state index contributed by atoms with van der Waals surface area (Å²) in [5, 5.41) is 3.03. The van der Waals surface area contributed by atoms with Gasteiger partial charge < -0.3 is 16.0 Å². The van der Waals surface area contributed by atoms with Gasteiger partial charge in [-0.3, -0.25) is 9.59 Å². The lowest BCUT2D eigenvalue weighted by Gasteiger charge is -2.38. The first-order chi connectivity index (χ1) is 12.5. The van der Waals surface area contributed by atoms with Gasteiger partial charge in [0.05, 0.1) is 5.41 Å². The average Bonchev–Trinajstić information content (AvgIpc) is 2.69. The minimum atomic E-state index is -0.444. The molecule has 0 aliphatic carbocycles. The number of nitrogens with one attached hydrogen (secondary N) is 1. The van der Waals surface area contributed by atoms with Crippen molar-refractivity contribution in [2.75, 3.05) is 19.6 Å². The van der Waals surface area contributed by atoms with E-state index in [0.29, 0.717) is 26.2 Å². The lowest BCUT2D eigenvalue weighted by atomic mass is 9.80. The Morgan fingerprint density at radius 1 is 1.15 bits per heavy atom. The maximum absolute atomic E-state index is 12.9. The molecule has 1 heterocycles. The van der Waals surface area contributed by atoms with Gasteiger partial charge in [0, 0.05) is 32.1 Å². The van der Waals surface area contributed by atoms with Gasteiger partial charge in [0.2, 0.25) is 11.8 Å². The van der Waals surface area contributed by atoms with E-state index in [0.717, 1.165) is 31.2 Å². The number of aryl methyl sites for hydroxylation is 1. The third-order valence-electron chi connectivity index (χ3n) is 5.94. The molecule has 1 aliphatic heterocycles. The Morgan fingerprint density at radius 3 is 2.19 bits per heavy atom. The maximum Gasteiger partial charge on any atom is 0.230 e. The number of halogens is 1. The quantitative estimate of drug-likeness (QED) is 0.745. The van der Waals surface area contributed by atoms with Crippen LogP contribution in [0.3, 0.4) is 0 Å². The summed E-state index contributed by atoms with van der Waals surface area (Å²) in [5.41, 5.74) is 7.78. The molecule has 0 aromatic heterocycles. The zero-order chi connectivity index (χ0) is 19.2. The molecule has 1 saturated heterocycles. The summed E-state index contributed by atoms with van der Waals surface area (Å²) in [6, 6.07) is 8.19. The fraction of sp³-hybridized carbons (Fsp3) is 0.619. The van der Waals surface area contributed by atoms with Gasteiger partial charge in [-0.05, 0) is 38.2 Å². The van der Waals surface area contributed by atoms with E-state index in [4.69, 9.17) is 5.73 Å². The summed E-state index contributed by atoms with van der Waals surface area (Å²) >= 11 is 0. The molecule has 152 valence electrons. The van der Waals surface area contributed by atoms with Gasteiger partial charge in [-0.1, -0.05) is 43.7 Å². The Bertz CT molecular complexity index is 598. The molecule has 1 aromatic rings. The molecule has 6 heteroatoms. The zero-order valence-corrected chi connectivity index (χ0v) is 17.6. The Balaban J connectivity index is 0.00000364. The second kappa shape index (κ2) is 10.7. The van der Waals surface area contributed by atoms with Crippen LogP contribution < -0.4 is 11.1 Å². The highest BCUT2D eigenvalue weighted by Gasteiger charge is 2.38. The van der Waals surface area contributed by atoms with Gasteiger partial charge in [-0.2, -0.15) is 0 Å². The molecule has 0 radical (unpaired) electrons. The monoisotopic (exact) mass is 395 g/mol. The van der Waals surface area contributed by atoms with Crippen LogP contribution in [-0.4, -0.2) is 36.3 Å². The van der Waals surface area contributed by atoms with Crippen LogP contribution in [0.15, 0.2) is 24.3 Å². The van der Waals surface area contributed by atoms with E-state index >= 15 is 0 Å². The van der Waals surface area contributed by atoms with E-state index in [1.165, 1.54) is 5.56 Å². The predicted molar refractivity (Wildman–Crippen MR) is 112 cm³/mol. The number of nitrogens with zero attached hydrogens (tertiary/aromatic N) is 1. The van der Waals surface area contributed by atoms with Crippen molar-refractivity contribution in [2.45, 2.75) is 53.0 Å². The smallest absolute Gasteiger partial charge is 0.230 e. The first kappa shape index (κ1) is 23.4. The van der Waals surface area contributed by atoms with Gasteiger partial charge >= 0.3 is 0 Å². The molecule has 0 unspecified atom stereocenters. The fourth-order valence-corrected chi connectivity index (χ4v) is 3.65. The van der Waals surface area contributed by atoms with Crippen LogP contribution in [0.1, 0.15) is 50.7 Å². The first-order valence-electron chi connectivity index (χ1n) is 9.78. The number of rotatable bonds is 7. The number of nitrogens with two attached hydrogens (primary N) is 1. The Morgan fingerprint density at radius 2 is 1.70 bits per heavy atom. The maximum atomic E-state index is 12.9. The largest absolute Gasteiger partial charge is 0.352 e. The lowest BCUT2D eigenvalue weighted by molar-refractivity contribution is -0.145. The molecule has 0 spiro atoms. The number of piperidine rings is 1. The summed E-state index contributed by atoms with van der Waals surface area (Å²) < 4.78 is 0. The average molecular weight is 396 g/mol. The number of carbonyl (C=O) groups excluding carboxylic acids is 2. The Hall–Kier alpha value is -1.59. The van der Waals surface area contributed by atoms with Crippen LogP contribution in [0, 0.1) is 18.3 Å². The highest BCUT2D eigenvalue weighted by atomic mass is 35.5. The molecule has 0 atom stereocenters. The molecule has 1 fully saturated rings. The molecular weight excluding hydrogens is 362 g/mol. The fourth-order valence-electron chi connectivity index (χ4n) is 3.65. The topological polar surface area (TPSA) is 75.4 Å². The standard InChI is InChI=1S/C21H33N3O2.ClH/c1-4-21(5-2,15-22)20(26)24-12-10-18(11-13-24)19(25)23-14-17-8-6-16(3)7-9-17;/h6-9,18H,4-5,10-15,22H2,1-3H3,(H,23,25);1H. The van der Waals surface area contributed by atoms with E-state index in [2.05, 4.69) is 17.4 Å². The van der Waals surface area contributed by atoms with E-state index < -0.39 is 5.41 Å². The predicted octanol–water partition coefficient (Wildman–Crippen LogP) is 3.04. The summed E-state index contributed by atoms with van der Waals surface area (Å²) in [7, 11) is 0. The molecule has 2 rings (SSSR count). The zero-order valence-electron chi connectivity index (χ0n) is 16.8. The van der Waals surface area contributed by atoms with Crippen molar-refractivity contribution in [1.82, 2.24) is 10.2 Å². The molecule has 3 N–H and O–H groups in total. The summed E-state index contributed by atoms with van der Waals surface area (Å²) in [4.78, 5) is 27.2. The third kappa shape index (κ3) is 5.69. The number of likely N-dealkylation sites (tertiary alicyclic amines) is 1. The molecular formula is C21H34ClN3O2. The molecule has 0 bridgehead atoms. The van der Waals surface area contributed by atoms with Gasteiger partial charge in [-0.25, -0.2) is 0 Å². The van der Waals surface area contributed by atoms with Crippen molar-refractivity contribution in [3.05, 3.63) is 35.4 Å². The minimum Gasteiger partial charge on any atom is -0.352 e. The molecule has 0 saturated carbocycles. The Labute approximate surface area is 169 Å². The lowest BCUT2D eigenvalue weighted by Crippen LogP contribution is -2.51. The van der Waals surface area contributed by atoms with Crippen LogP contribution in [0.5, 0.6) is 0 Å². The molecule has 1 aliphatic rings. The van der Waals surface area contributed by atoms with E-state index in [9.17, 15) is 9.59 Å². The highest BCUT2D eigenvalue weighted by molar-refractivity contribution is 5.85. The molecule has 2 amide bonds. The van der Waals surface area contributed by atoms with E-state index in [1.807, 2.05) is 37.8 Å². The van der Waals surface area contributed by atoms with Crippen LogP contribution in [0.25, 0.3) is 0 Å². The number of hydrogen-bond donors (Lipinski definition) is 2. The van der Waals surface area contributed by atoms with Crippen molar-refractivity contribution in [2.24, 2.45) is 17.1 Å². The van der Waals surface area contributed by atoms with Crippen molar-refractivity contribution < 1.29 is 9.59 Å². The number of carbonyl (C=O) groups is 2. The van der Waals surface area contributed by atoms with Crippen LogP contribution in [-0.2, 0) is 16.1 Å². The summed E-state index contributed by atoms with van der Waals surface area (Å²) in [6.07, 6.45) is 2.96. The van der Waals surface area contributed by atoms with Crippen LogP contribution in [0.4, 0.5) is 0 Å². The minimum absolute atomic E-state index is 0. The van der Waals surface area contributed by atoms with Crippen molar-refractivity contribution in [1.29, 1.82) is 0 Å². The summed E-state index contributed by atoms with van der Waals surface area (Å²) in [5.74, 6) is 0.234. The molecule has 1 aromatic carbocycles. The van der Waals surface area contributed by atoms with Crippen molar-refractivity contribution >= 4 is 24.2 Å². The highest BCUT2D eigenvalue weighted by Crippen LogP contribution is 2.30. The van der Waals surface area contributed by atoms with Crippen LogP contribution >= 0.6 is 12.4 Å². The SMILES string of the molecule is CCC(CC)(CN)C(=O)N1CCC(C(=O)NCc2ccc(C)cc2)CC1.Cl. The van der Waals surface area contributed by atoms with E-state index in [-0.39, 0.29) is 30.1 Å². The van der Waals surface area contributed by atoms with Gasteiger partial charge in [0.25, 0.3) is 0 Å². The molecule has 5 nitrogen and oxygen atoms in total. The second-order valence-corrected chi connectivity index (χ2v) is 7.46. The van der Waals surface area contributed by atoms with Crippen LogP contribution in [0.2, 0.25) is 0 Å². The number of hydrogen-bond acceptors (Lipinski definition) is 3. The number of benzene rings is 1.